The molecule has 1 aliphatic rings. The zero-order chi connectivity index (χ0) is 14.4. The average molecular weight is 296 g/mol. The molecule has 1 fully saturated rings. The molecule has 0 bridgehead atoms. The van der Waals surface area contributed by atoms with Crippen LogP contribution in [-0.4, -0.2) is 26.8 Å². The number of unbranched alkanes of at least 4 members (excludes halogenated alkanes) is 1. The molecule has 1 aromatic carbocycles. The van der Waals surface area contributed by atoms with Gasteiger partial charge in [-0.05, 0) is 56.3 Å². The summed E-state index contributed by atoms with van der Waals surface area (Å²) in [4.78, 5) is 0. The molecule has 0 aromatic heterocycles. The summed E-state index contributed by atoms with van der Waals surface area (Å²) in [6.07, 6.45) is 5.11. The van der Waals surface area contributed by atoms with E-state index >= 15 is 0 Å². The molecule has 0 heterocycles. The van der Waals surface area contributed by atoms with Crippen LogP contribution in [0.25, 0.3) is 0 Å². The highest BCUT2D eigenvalue weighted by Gasteiger charge is 2.19. The molecule has 0 amide bonds. The molecule has 2 rings (SSSR count). The van der Waals surface area contributed by atoms with E-state index in [0.717, 1.165) is 19.4 Å². The smallest absolute Gasteiger partial charge is 0.232 e. The lowest BCUT2D eigenvalue weighted by molar-refractivity contribution is 0.591. The molecule has 0 spiro atoms. The molecule has 0 aliphatic heterocycles. The van der Waals surface area contributed by atoms with Crippen molar-refractivity contribution in [3.63, 3.8) is 0 Å². The summed E-state index contributed by atoms with van der Waals surface area (Å²) < 4.78 is 26.5. The number of rotatable bonds is 9. The van der Waals surface area contributed by atoms with Crippen LogP contribution < -0.4 is 10.0 Å². The fraction of sp³-hybridized carbons (Fsp3) is 0.600. The van der Waals surface area contributed by atoms with Crippen LogP contribution in [-0.2, 0) is 16.4 Å². The quantitative estimate of drug-likeness (QED) is 0.688. The van der Waals surface area contributed by atoms with Crippen LogP contribution in [0.3, 0.4) is 0 Å². The van der Waals surface area contributed by atoms with E-state index in [0.29, 0.717) is 18.2 Å². The molecular weight excluding hydrogens is 272 g/mol. The minimum atomic E-state index is -3.22. The maximum Gasteiger partial charge on any atom is 0.232 e. The normalized spacial score (nSPS) is 15.2. The molecule has 0 radical (unpaired) electrons. The van der Waals surface area contributed by atoms with E-state index in [9.17, 15) is 8.42 Å². The van der Waals surface area contributed by atoms with Crippen molar-refractivity contribution >= 4 is 15.7 Å². The highest BCUT2D eigenvalue weighted by molar-refractivity contribution is 7.92. The molecule has 1 aliphatic carbocycles. The second-order valence-corrected chi connectivity index (χ2v) is 7.25. The molecule has 4 nitrogen and oxygen atoms in total. The first-order valence-corrected chi connectivity index (χ1v) is 9.07. The second-order valence-electron chi connectivity index (χ2n) is 5.41. The minimum absolute atomic E-state index is 0.189. The third-order valence-electron chi connectivity index (χ3n) is 3.49. The van der Waals surface area contributed by atoms with E-state index < -0.39 is 10.0 Å². The van der Waals surface area contributed by atoms with Crippen molar-refractivity contribution in [2.24, 2.45) is 0 Å². The van der Waals surface area contributed by atoms with Gasteiger partial charge in [-0.2, -0.15) is 0 Å². The van der Waals surface area contributed by atoms with Crippen molar-refractivity contribution in [1.29, 1.82) is 0 Å². The first kappa shape index (κ1) is 15.3. The number of aryl methyl sites for hydroxylation is 1. The Kier molecular flexibility index (Phi) is 5.43. The number of nitrogens with one attached hydrogen (secondary N) is 2. The predicted molar refractivity (Wildman–Crippen MR) is 83.5 cm³/mol. The zero-order valence-corrected chi connectivity index (χ0v) is 12.9. The van der Waals surface area contributed by atoms with Crippen LogP contribution in [0.2, 0.25) is 0 Å². The molecule has 112 valence electrons. The Morgan fingerprint density at radius 2 is 1.85 bits per heavy atom. The molecule has 2 N–H and O–H groups in total. The van der Waals surface area contributed by atoms with E-state index in [1.165, 1.54) is 18.4 Å². The van der Waals surface area contributed by atoms with Gasteiger partial charge in [0.2, 0.25) is 10.0 Å². The lowest BCUT2D eigenvalue weighted by Crippen LogP contribution is -2.20. The van der Waals surface area contributed by atoms with Gasteiger partial charge in [0.1, 0.15) is 0 Å². The fourth-order valence-corrected chi connectivity index (χ4v) is 3.23. The highest BCUT2D eigenvalue weighted by atomic mass is 32.2. The number of hydrogen-bond acceptors (Lipinski definition) is 3. The van der Waals surface area contributed by atoms with Gasteiger partial charge in [-0.25, -0.2) is 8.42 Å². The van der Waals surface area contributed by atoms with Gasteiger partial charge in [0, 0.05) is 11.7 Å². The van der Waals surface area contributed by atoms with E-state index in [4.69, 9.17) is 0 Å². The van der Waals surface area contributed by atoms with E-state index in [1.807, 2.05) is 24.3 Å². The summed E-state index contributed by atoms with van der Waals surface area (Å²) >= 11 is 0. The lowest BCUT2D eigenvalue weighted by Gasteiger charge is -2.08. The molecule has 0 unspecified atom stereocenters. The first-order chi connectivity index (χ1) is 9.59. The van der Waals surface area contributed by atoms with Crippen LogP contribution in [0.15, 0.2) is 24.3 Å². The molecule has 0 atom stereocenters. The predicted octanol–water partition coefficient (Wildman–Crippen LogP) is 2.52. The Morgan fingerprint density at radius 3 is 2.45 bits per heavy atom. The standard InChI is InChI=1S/C15H24N2O2S/c1-2-13-5-7-15(8-6-13)17-20(18,19)12-4-3-11-16-14-9-10-14/h5-8,14,16-17H,2-4,9-12H2,1H3. The van der Waals surface area contributed by atoms with Crippen molar-refractivity contribution in [3.05, 3.63) is 29.8 Å². The Hall–Kier alpha value is -1.07. The third-order valence-corrected chi connectivity index (χ3v) is 4.86. The van der Waals surface area contributed by atoms with Gasteiger partial charge in [0.15, 0.2) is 0 Å². The van der Waals surface area contributed by atoms with Crippen molar-refractivity contribution in [3.8, 4) is 0 Å². The fourth-order valence-electron chi connectivity index (χ4n) is 2.05. The van der Waals surface area contributed by atoms with Crippen molar-refractivity contribution in [2.75, 3.05) is 17.0 Å². The zero-order valence-electron chi connectivity index (χ0n) is 12.1. The summed E-state index contributed by atoms with van der Waals surface area (Å²) in [7, 11) is -3.22. The molecule has 20 heavy (non-hydrogen) atoms. The maximum absolute atomic E-state index is 11.9. The van der Waals surface area contributed by atoms with Gasteiger partial charge in [0.05, 0.1) is 5.75 Å². The summed E-state index contributed by atoms with van der Waals surface area (Å²) in [5, 5.41) is 3.39. The van der Waals surface area contributed by atoms with E-state index in [-0.39, 0.29) is 5.75 Å². The number of anilines is 1. The summed E-state index contributed by atoms with van der Waals surface area (Å²) in [6.45, 7) is 3.00. The average Bonchev–Trinajstić information content (AvgIpc) is 3.23. The molecule has 1 saturated carbocycles. The van der Waals surface area contributed by atoms with Crippen LogP contribution in [0, 0.1) is 0 Å². The molecule has 0 saturated heterocycles. The van der Waals surface area contributed by atoms with Crippen LogP contribution in [0.1, 0.15) is 38.2 Å². The monoisotopic (exact) mass is 296 g/mol. The summed E-state index contributed by atoms with van der Waals surface area (Å²) in [6, 6.07) is 8.26. The first-order valence-electron chi connectivity index (χ1n) is 7.42. The van der Waals surface area contributed by atoms with Gasteiger partial charge in [-0.1, -0.05) is 19.1 Å². The number of hydrogen-bond donors (Lipinski definition) is 2. The van der Waals surface area contributed by atoms with Crippen LogP contribution in [0.5, 0.6) is 0 Å². The topological polar surface area (TPSA) is 58.2 Å². The van der Waals surface area contributed by atoms with Crippen LogP contribution >= 0.6 is 0 Å². The van der Waals surface area contributed by atoms with E-state index in [2.05, 4.69) is 17.0 Å². The van der Waals surface area contributed by atoms with Crippen molar-refractivity contribution < 1.29 is 8.42 Å². The Labute approximate surface area is 122 Å². The maximum atomic E-state index is 11.9. The van der Waals surface area contributed by atoms with Gasteiger partial charge in [-0.15, -0.1) is 0 Å². The molecule has 5 heteroatoms. The Bertz CT molecular complexity index is 507. The van der Waals surface area contributed by atoms with Gasteiger partial charge in [0.25, 0.3) is 0 Å². The number of benzene rings is 1. The largest absolute Gasteiger partial charge is 0.314 e. The minimum Gasteiger partial charge on any atom is -0.314 e. The number of sulfonamides is 1. The Balaban J connectivity index is 1.71. The van der Waals surface area contributed by atoms with E-state index in [1.54, 1.807) is 0 Å². The summed E-state index contributed by atoms with van der Waals surface area (Å²) in [5.41, 5.74) is 1.86. The Morgan fingerprint density at radius 1 is 1.15 bits per heavy atom. The van der Waals surface area contributed by atoms with Gasteiger partial charge >= 0.3 is 0 Å². The molecular formula is C15H24N2O2S. The lowest BCUT2D eigenvalue weighted by atomic mass is 10.2. The molecule has 1 aromatic rings. The van der Waals surface area contributed by atoms with Gasteiger partial charge in [-0.3, -0.25) is 4.72 Å². The van der Waals surface area contributed by atoms with Gasteiger partial charge < -0.3 is 5.32 Å². The van der Waals surface area contributed by atoms with Crippen LogP contribution in [0.4, 0.5) is 5.69 Å². The summed E-state index contributed by atoms with van der Waals surface area (Å²) in [5.74, 6) is 0.189. The SMILES string of the molecule is CCc1ccc(NS(=O)(=O)CCCCNC2CC2)cc1. The van der Waals surface area contributed by atoms with Crippen molar-refractivity contribution in [1.82, 2.24) is 5.32 Å². The van der Waals surface area contributed by atoms with Crippen molar-refractivity contribution in [2.45, 2.75) is 45.1 Å². The highest BCUT2D eigenvalue weighted by Crippen LogP contribution is 2.18. The third kappa shape index (κ3) is 5.51. The second kappa shape index (κ2) is 7.09.